The van der Waals surface area contributed by atoms with Gasteiger partial charge in [-0.25, -0.2) is 12.7 Å². The third-order valence-electron chi connectivity index (χ3n) is 4.19. The molecule has 1 aliphatic rings. The van der Waals surface area contributed by atoms with Crippen molar-refractivity contribution in [2.24, 2.45) is 13.0 Å². The molecular formula is C15H21N5O2S. The largest absolute Gasteiger partial charge is 0.275 e. The molecule has 0 spiro atoms. The second-order valence-corrected chi connectivity index (χ2v) is 8.07. The summed E-state index contributed by atoms with van der Waals surface area (Å²) in [6.07, 6.45) is 11.0. The summed E-state index contributed by atoms with van der Waals surface area (Å²) in [5.41, 5.74) is 2.67. The molecule has 1 aliphatic heterocycles. The molecule has 0 unspecified atom stereocenters. The molecule has 0 aromatic carbocycles. The van der Waals surface area contributed by atoms with Crippen LogP contribution in [0.1, 0.15) is 18.5 Å². The number of hydrogen-bond acceptors (Lipinski definition) is 5. The molecular weight excluding hydrogens is 314 g/mol. The molecule has 8 heteroatoms. The Morgan fingerprint density at radius 3 is 2.78 bits per heavy atom. The smallest absolute Gasteiger partial charge is 0.211 e. The molecule has 0 aliphatic carbocycles. The predicted octanol–water partition coefficient (Wildman–Crippen LogP) is 1.09. The van der Waals surface area contributed by atoms with Gasteiger partial charge < -0.3 is 0 Å². The maximum Gasteiger partial charge on any atom is 0.211 e. The first kappa shape index (κ1) is 16.1. The summed E-state index contributed by atoms with van der Waals surface area (Å²) in [5, 5.41) is 4.19. The van der Waals surface area contributed by atoms with E-state index >= 15 is 0 Å². The fraction of sp³-hybridized carbons (Fsp3) is 0.533. The molecule has 124 valence electrons. The van der Waals surface area contributed by atoms with Crippen LogP contribution >= 0.6 is 0 Å². The van der Waals surface area contributed by atoms with Crippen LogP contribution in [-0.2, 0) is 23.5 Å². The van der Waals surface area contributed by atoms with Crippen molar-refractivity contribution in [3.8, 4) is 11.3 Å². The summed E-state index contributed by atoms with van der Waals surface area (Å²) in [7, 11) is -1.26. The highest BCUT2D eigenvalue weighted by molar-refractivity contribution is 7.88. The van der Waals surface area contributed by atoms with Crippen molar-refractivity contribution in [3.63, 3.8) is 0 Å². The number of nitrogens with zero attached hydrogens (tertiary/aromatic N) is 5. The molecule has 23 heavy (non-hydrogen) atoms. The number of aryl methyl sites for hydroxylation is 1. The average Bonchev–Trinajstić information content (AvgIpc) is 2.94. The lowest BCUT2D eigenvalue weighted by atomic mass is 9.93. The van der Waals surface area contributed by atoms with Crippen molar-refractivity contribution in [3.05, 3.63) is 30.5 Å². The van der Waals surface area contributed by atoms with Crippen molar-refractivity contribution < 1.29 is 8.42 Å². The highest BCUT2D eigenvalue weighted by Crippen LogP contribution is 2.26. The lowest BCUT2D eigenvalue weighted by Crippen LogP contribution is -2.39. The van der Waals surface area contributed by atoms with Gasteiger partial charge in [0, 0.05) is 44.3 Å². The Labute approximate surface area is 136 Å². The van der Waals surface area contributed by atoms with Gasteiger partial charge in [-0.2, -0.15) is 5.10 Å². The molecule has 1 fully saturated rings. The van der Waals surface area contributed by atoms with E-state index in [4.69, 9.17) is 0 Å². The first-order chi connectivity index (χ1) is 10.9. The van der Waals surface area contributed by atoms with Crippen LogP contribution in [0.4, 0.5) is 0 Å². The van der Waals surface area contributed by atoms with Crippen LogP contribution in [0.2, 0.25) is 0 Å². The van der Waals surface area contributed by atoms with Gasteiger partial charge in [0.1, 0.15) is 0 Å². The minimum absolute atomic E-state index is 0.269. The Balaban J connectivity index is 1.81. The summed E-state index contributed by atoms with van der Waals surface area (Å²) in [6.45, 7) is 1.17. The van der Waals surface area contributed by atoms with Crippen LogP contribution in [0.15, 0.2) is 24.8 Å². The molecule has 2 aromatic rings. The van der Waals surface area contributed by atoms with Crippen LogP contribution in [0.3, 0.4) is 0 Å². The zero-order valence-electron chi connectivity index (χ0n) is 13.4. The standard InChI is InChI=1S/C15H21N5O2S/c1-19-11-13(9-18-19)15-14(16-5-6-17-15)8-12-4-3-7-20(10-12)23(2,21)22/h5-6,9,11-12H,3-4,7-8,10H2,1-2H3/t12-/m1/s1. The van der Waals surface area contributed by atoms with Crippen molar-refractivity contribution in [2.45, 2.75) is 19.3 Å². The Bertz CT molecular complexity index is 787. The van der Waals surface area contributed by atoms with E-state index in [2.05, 4.69) is 15.1 Å². The van der Waals surface area contributed by atoms with Crippen molar-refractivity contribution >= 4 is 10.0 Å². The summed E-state index contributed by atoms with van der Waals surface area (Å²) in [4.78, 5) is 8.93. The Morgan fingerprint density at radius 1 is 1.30 bits per heavy atom. The SMILES string of the molecule is Cn1cc(-c2nccnc2C[C@H]2CCCN(S(C)(=O)=O)C2)cn1. The highest BCUT2D eigenvalue weighted by atomic mass is 32.2. The van der Waals surface area contributed by atoms with Gasteiger partial charge >= 0.3 is 0 Å². The Morgan fingerprint density at radius 2 is 2.09 bits per heavy atom. The molecule has 1 saturated heterocycles. The van der Waals surface area contributed by atoms with Gasteiger partial charge in [-0.3, -0.25) is 14.6 Å². The van der Waals surface area contributed by atoms with E-state index in [1.165, 1.54) is 6.26 Å². The van der Waals surface area contributed by atoms with Crippen molar-refractivity contribution in [2.75, 3.05) is 19.3 Å². The van der Waals surface area contributed by atoms with E-state index in [1.54, 1.807) is 27.6 Å². The molecule has 2 aromatic heterocycles. The van der Waals surface area contributed by atoms with Crippen molar-refractivity contribution in [1.29, 1.82) is 0 Å². The normalized spacial score (nSPS) is 19.8. The molecule has 3 rings (SSSR count). The van der Waals surface area contributed by atoms with Crippen LogP contribution in [-0.4, -0.2) is 51.8 Å². The lowest BCUT2D eigenvalue weighted by Gasteiger charge is -2.30. The third kappa shape index (κ3) is 3.76. The highest BCUT2D eigenvalue weighted by Gasteiger charge is 2.27. The summed E-state index contributed by atoms with van der Waals surface area (Å²) >= 11 is 0. The van der Waals surface area contributed by atoms with E-state index in [-0.39, 0.29) is 5.92 Å². The van der Waals surface area contributed by atoms with Gasteiger partial charge in [-0.15, -0.1) is 0 Å². The molecule has 0 radical (unpaired) electrons. The van der Waals surface area contributed by atoms with Gasteiger partial charge in [0.25, 0.3) is 0 Å². The van der Waals surface area contributed by atoms with Crippen LogP contribution < -0.4 is 0 Å². The van der Waals surface area contributed by atoms with Gasteiger partial charge in [0.05, 0.1) is 23.8 Å². The molecule has 1 atom stereocenters. The number of sulfonamides is 1. The van der Waals surface area contributed by atoms with Crippen LogP contribution in [0.5, 0.6) is 0 Å². The second-order valence-electron chi connectivity index (χ2n) is 6.09. The predicted molar refractivity (Wildman–Crippen MR) is 87.1 cm³/mol. The minimum Gasteiger partial charge on any atom is -0.275 e. The van der Waals surface area contributed by atoms with Gasteiger partial charge in [-0.05, 0) is 25.2 Å². The first-order valence-corrected chi connectivity index (χ1v) is 9.52. The maximum absolute atomic E-state index is 11.8. The third-order valence-corrected chi connectivity index (χ3v) is 5.45. The van der Waals surface area contributed by atoms with Crippen LogP contribution in [0.25, 0.3) is 11.3 Å². The summed E-state index contributed by atoms with van der Waals surface area (Å²) < 4.78 is 26.8. The van der Waals surface area contributed by atoms with Gasteiger partial charge in [-0.1, -0.05) is 0 Å². The molecule has 0 N–H and O–H groups in total. The quantitative estimate of drug-likeness (QED) is 0.835. The van der Waals surface area contributed by atoms with Crippen molar-refractivity contribution in [1.82, 2.24) is 24.1 Å². The number of rotatable bonds is 4. The molecule has 0 saturated carbocycles. The molecule has 7 nitrogen and oxygen atoms in total. The van der Waals surface area contributed by atoms with E-state index < -0.39 is 10.0 Å². The topological polar surface area (TPSA) is 81.0 Å². The second kappa shape index (κ2) is 6.37. The van der Waals surface area contributed by atoms with Gasteiger partial charge in [0.15, 0.2) is 0 Å². The van der Waals surface area contributed by atoms with E-state index in [0.29, 0.717) is 13.1 Å². The molecule has 0 bridgehead atoms. The van der Waals surface area contributed by atoms with E-state index in [9.17, 15) is 8.42 Å². The maximum atomic E-state index is 11.8. The first-order valence-electron chi connectivity index (χ1n) is 7.67. The number of piperidine rings is 1. The molecule has 0 amide bonds. The fourth-order valence-electron chi connectivity index (χ4n) is 3.07. The summed E-state index contributed by atoms with van der Waals surface area (Å²) in [5.74, 6) is 0.269. The Hall–Kier alpha value is -1.80. The van der Waals surface area contributed by atoms with E-state index in [0.717, 1.165) is 36.2 Å². The fourth-order valence-corrected chi connectivity index (χ4v) is 4.01. The number of hydrogen-bond donors (Lipinski definition) is 0. The van der Waals surface area contributed by atoms with Gasteiger partial charge in [0.2, 0.25) is 10.0 Å². The lowest BCUT2D eigenvalue weighted by molar-refractivity contribution is 0.265. The molecule has 3 heterocycles. The number of aromatic nitrogens is 4. The van der Waals surface area contributed by atoms with E-state index in [1.807, 2.05) is 13.2 Å². The van der Waals surface area contributed by atoms with Crippen LogP contribution in [0, 0.1) is 5.92 Å². The average molecular weight is 335 g/mol. The zero-order valence-corrected chi connectivity index (χ0v) is 14.2. The zero-order chi connectivity index (χ0) is 16.4. The Kier molecular flexibility index (Phi) is 4.45. The summed E-state index contributed by atoms with van der Waals surface area (Å²) in [6, 6.07) is 0. The monoisotopic (exact) mass is 335 g/mol. The minimum atomic E-state index is -3.13.